The molecule has 1 aromatic carbocycles. The Balaban J connectivity index is 2.15. The summed E-state index contributed by atoms with van der Waals surface area (Å²) in [5, 5.41) is 0. The van der Waals surface area contributed by atoms with Gasteiger partial charge in [-0.3, -0.25) is 4.90 Å². The zero-order valence-corrected chi connectivity index (χ0v) is 12.9. The normalized spacial score (nSPS) is 26.0. The third-order valence-corrected chi connectivity index (χ3v) is 4.93. The van der Waals surface area contributed by atoms with Crippen LogP contribution in [-0.2, 0) is 6.54 Å². The minimum atomic E-state index is 0.186. The van der Waals surface area contributed by atoms with Gasteiger partial charge in [0.25, 0.3) is 0 Å². The van der Waals surface area contributed by atoms with Crippen molar-refractivity contribution >= 4 is 0 Å². The van der Waals surface area contributed by atoms with E-state index in [4.69, 9.17) is 5.73 Å². The van der Waals surface area contributed by atoms with E-state index in [2.05, 4.69) is 57.0 Å². The number of aryl methyl sites for hydroxylation is 1. The highest BCUT2D eigenvalue weighted by Gasteiger charge is 2.44. The molecule has 2 nitrogen and oxygen atoms in total. The molecule has 0 heterocycles. The maximum Gasteiger partial charge on any atom is 0.0337 e. The first kappa shape index (κ1) is 14.5. The number of nitrogens with two attached hydrogens (primary N) is 1. The zero-order chi connectivity index (χ0) is 14.1. The van der Waals surface area contributed by atoms with Crippen molar-refractivity contribution in [2.24, 2.45) is 11.1 Å². The summed E-state index contributed by atoms with van der Waals surface area (Å²) in [6.07, 6.45) is 3.71. The van der Waals surface area contributed by atoms with Gasteiger partial charge in [-0.15, -0.1) is 0 Å². The molecule has 0 bridgehead atoms. The number of likely N-dealkylation sites (N-methyl/N-ethyl adjacent to an activating group) is 1. The van der Waals surface area contributed by atoms with Crippen molar-refractivity contribution in [1.82, 2.24) is 4.90 Å². The number of hydrogen-bond donors (Lipinski definition) is 1. The number of rotatable bonds is 4. The third kappa shape index (κ3) is 3.01. The van der Waals surface area contributed by atoms with Gasteiger partial charge in [0.05, 0.1) is 0 Å². The van der Waals surface area contributed by atoms with Gasteiger partial charge < -0.3 is 5.73 Å². The summed E-state index contributed by atoms with van der Waals surface area (Å²) in [6.45, 7) is 8.69. The Bertz CT molecular complexity index is 439. The van der Waals surface area contributed by atoms with Crippen LogP contribution in [0.2, 0.25) is 0 Å². The average Bonchev–Trinajstić information content (AvgIpc) is 2.69. The fraction of sp³-hybridized carbons (Fsp3) is 0.647. The van der Waals surface area contributed by atoms with Gasteiger partial charge in [0.15, 0.2) is 0 Å². The second kappa shape index (κ2) is 5.26. The van der Waals surface area contributed by atoms with E-state index in [1.807, 2.05) is 0 Å². The molecule has 1 aliphatic carbocycles. The Labute approximate surface area is 118 Å². The lowest BCUT2D eigenvalue weighted by Crippen LogP contribution is -2.50. The van der Waals surface area contributed by atoms with Crippen LogP contribution in [0.1, 0.15) is 44.2 Å². The second-order valence-corrected chi connectivity index (χ2v) is 7.05. The van der Waals surface area contributed by atoms with E-state index < -0.39 is 0 Å². The molecule has 0 radical (unpaired) electrons. The quantitative estimate of drug-likeness (QED) is 0.899. The van der Waals surface area contributed by atoms with Crippen molar-refractivity contribution in [1.29, 1.82) is 0 Å². The van der Waals surface area contributed by atoms with Gasteiger partial charge in [0.1, 0.15) is 0 Å². The van der Waals surface area contributed by atoms with E-state index in [9.17, 15) is 0 Å². The van der Waals surface area contributed by atoms with Crippen LogP contribution in [0.25, 0.3) is 0 Å². The minimum absolute atomic E-state index is 0.186. The van der Waals surface area contributed by atoms with Crippen LogP contribution < -0.4 is 5.73 Å². The lowest BCUT2D eigenvalue weighted by molar-refractivity contribution is 0.111. The van der Waals surface area contributed by atoms with Crippen LogP contribution in [0.3, 0.4) is 0 Å². The molecule has 19 heavy (non-hydrogen) atoms. The molecule has 0 aliphatic heterocycles. The van der Waals surface area contributed by atoms with E-state index in [-0.39, 0.29) is 5.54 Å². The lowest BCUT2D eigenvalue weighted by atomic mass is 9.86. The third-order valence-electron chi connectivity index (χ3n) is 4.93. The van der Waals surface area contributed by atoms with Crippen molar-refractivity contribution in [2.75, 3.05) is 13.6 Å². The predicted molar refractivity (Wildman–Crippen MR) is 82.1 cm³/mol. The molecule has 1 aromatic rings. The van der Waals surface area contributed by atoms with Crippen molar-refractivity contribution in [2.45, 2.75) is 52.1 Å². The van der Waals surface area contributed by atoms with Crippen molar-refractivity contribution in [3.63, 3.8) is 0 Å². The van der Waals surface area contributed by atoms with E-state index in [0.29, 0.717) is 5.41 Å². The highest BCUT2D eigenvalue weighted by atomic mass is 15.2. The zero-order valence-electron chi connectivity index (χ0n) is 12.9. The first-order chi connectivity index (χ1) is 8.88. The van der Waals surface area contributed by atoms with Crippen LogP contribution in [0.5, 0.6) is 0 Å². The molecule has 0 aromatic heterocycles. The van der Waals surface area contributed by atoms with Crippen LogP contribution >= 0.6 is 0 Å². The first-order valence-electron chi connectivity index (χ1n) is 7.34. The average molecular weight is 260 g/mol. The Kier molecular flexibility index (Phi) is 4.03. The summed E-state index contributed by atoms with van der Waals surface area (Å²) in [5.74, 6) is 0. The molecule has 2 N–H and O–H groups in total. The SMILES string of the molecule is Cc1ccccc1CN(C)C1(CN)CCC(C)(C)C1. The van der Waals surface area contributed by atoms with E-state index in [1.54, 1.807) is 0 Å². The Morgan fingerprint density at radius 3 is 2.42 bits per heavy atom. The van der Waals surface area contributed by atoms with Crippen LogP contribution in [0, 0.1) is 12.3 Å². The van der Waals surface area contributed by atoms with Crippen LogP contribution in [0.4, 0.5) is 0 Å². The van der Waals surface area contributed by atoms with Gasteiger partial charge in [0, 0.05) is 18.6 Å². The van der Waals surface area contributed by atoms with Gasteiger partial charge in [0.2, 0.25) is 0 Å². The summed E-state index contributed by atoms with van der Waals surface area (Å²) >= 11 is 0. The molecule has 1 aliphatic rings. The fourth-order valence-electron chi connectivity index (χ4n) is 3.51. The van der Waals surface area contributed by atoms with E-state index >= 15 is 0 Å². The first-order valence-corrected chi connectivity index (χ1v) is 7.34. The van der Waals surface area contributed by atoms with Crippen molar-refractivity contribution in [3.8, 4) is 0 Å². The van der Waals surface area contributed by atoms with Gasteiger partial charge >= 0.3 is 0 Å². The summed E-state index contributed by atoms with van der Waals surface area (Å²) < 4.78 is 0. The molecule has 0 spiro atoms. The van der Waals surface area contributed by atoms with Gasteiger partial charge in [-0.1, -0.05) is 38.1 Å². The monoisotopic (exact) mass is 260 g/mol. The van der Waals surface area contributed by atoms with Gasteiger partial charge in [-0.05, 0) is 49.8 Å². The molecule has 1 fully saturated rings. The molecule has 2 rings (SSSR count). The highest BCUT2D eigenvalue weighted by Crippen LogP contribution is 2.46. The molecule has 1 atom stereocenters. The van der Waals surface area contributed by atoms with E-state index in [1.165, 1.54) is 30.4 Å². The Morgan fingerprint density at radius 1 is 1.21 bits per heavy atom. The smallest absolute Gasteiger partial charge is 0.0337 e. The largest absolute Gasteiger partial charge is 0.329 e. The molecular weight excluding hydrogens is 232 g/mol. The maximum atomic E-state index is 6.14. The predicted octanol–water partition coefficient (Wildman–Crippen LogP) is 3.33. The molecular formula is C17H28N2. The molecule has 2 heteroatoms. The Morgan fingerprint density at radius 2 is 1.89 bits per heavy atom. The van der Waals surface area contributed by atoms with Gasteiger partial charge in [-0.2, -0.15) is 0 Å². The molecule has 1 saturated carbocycles. The van der Waals surface area contributed by atoms with Crippen molar-refractivity contribution in [3.05, 3.63) is 35.4 Å². The van der Waals surface area contributed by atoms with Crippen molar-refractivity contribution < 1.29 is 0 Å². The molecule has 0 saturated heterocycles. The fourth-order valence-corrected chi connectivity index (χ4v) is 3.51. The van der Waals surface area contributed by atoms with Crippen LogP contribution in [-0.4, -0.2) is 24.0 Å². The molecule has 106 valence electrons. The minimum Gasteiger partial charge on any atom is -0.329 e. The van der Waals surface area contributed by atoms with Gasteiger partial charge in [-0.25, -0.2) is 0 Å². The standard InChI is InChI=1S/C17H28N2/c1-14-7-5-6-8-15(14)11-19(4)17(13-18)10-9-16(2,3)12-17/h5-8H,9-13,18H2,1-4H3. The lowest BCUT2D eigenvalue weighted by Gasteiger charge is -2.39. The molecule has 1 unspecified atom stereocenters. The summed E-state index contributed by atoms with van der Waals surface area (Å²) in [5.41, 5.74) is 9.55. The number of benzene rings is 1. The molecule has 0 amide bonds. The number of nitrogens with zero attached hydrogens (tertiary/aromatic N) is 1. The van der Waals surface area contributed by atoms with Crippen LogP contribution in [0.15, 0.2) is 24.3 Å². The summed E-state index contributed by atoms with van der Waals surface area (Å²) in [7, 11) is 2.24. The Hall–Kier alpha value is -0.860. The maximum absolute atomic E-state index is 6.14. The highest BCUT2D eigenvalue weighted by molar-refractivity contribution is 5.25. The number of hydrogen-bond acceptors (Lipinski definition) is 2. The summed E-state index contributed by atoms with van der Waals surface area (Å²) in [6, 6.07) is 8.66. The second-order valence-electron chi connectivity index (χ2n) is 7.05. The van der Waals surface area contributed by atoms with E-state index in [0.717, 1.165) is 13.1 Å². The summed E-state index contributed by atoms with van der Waals surface area (Å²) in [4.78, 5) is 2.49. The topological polar surface area (TPSA) is 29.3 Å².